The molecular formula is C36H60O4. The van der Waals surface area contributed by atoms with Gasteiger partial charge in [-0.1, -0.05) is 152 Å². The molecule has 0 heterocycles. The van der Waals surface area contributed by atoms with Gasteiger partial charge in [0.1, 0.15) is 12.4 Å². The number of rotatable bonds is 29. The van der Waals surface area contributed by atoms with Crippen LogP contribution in [-0.4, -0.2) is 46.2 Å². The van der Waals surface area contributed by atoms with Crippen molar-refractivity contribution in [2.45, 2.75) is 122 Å². The number of benzene rings is 2. The monoisotopic (exact) mass is 556 g/mol. The van der Waals surface area contributed by atoms with E-state index < -0.39 is 0 Å². The van der Waals surface area contributed by atoms with Crippen molar-refractivity contribution < 1.29 is 18.9 Å². The van der Waals surface area contributed by atoms with Crippen molar-refractivity contribution in [1.82, 2.24) is 0 Å². The molecule has 2 aromatic rings. The Morgan fingerprint density at radius 1 is 0.400 bits per heavy atom. The second kappa shape index (κ2) is 26.3. The van der Waals surface area contributed by atoms with E-state index in [1.165, 1.54) is 121 Å². The number of hydrogen-bond donors (Lipinski definition) is 0. The average Bonchev–Trinajstić information content (AvgIpc) is 2.98. The number of ether oxygens (including phenoxy) is 4. The molecule has 228 valence electrons. The summed E-state index contributed by atoms with van der Waals surface area (Å²) in [4.78, 5) is 0. The summed E-state index contributed by atoms with van der Waals surface area (Å²) in [6.45, 7) is 6.72. The second-order valence-corrected chi connectivity index (χ2v) is 11.2. The van der Waals surface area contributed by atoms with E-state index in [1.54, 1.807) is 0 Å². The molecule has 0 aliphatic heterocycles. The van der Waals surface area contributed by atoms with Gasteiger partial charge in [-0.2, -0.15) is 0 Å². The molecule has 0 aromatic heterocycles. The van der Waals surface area contributed by atoms with Crippen molar-refractivity contribution >= 4 is 10.8 Å². The van der Waals surface area contributed by atoms with E-state index in [9.17, 15) is 0 Å². The summed E-state index contributed by atoms with van der Waals surface area (Å²) in [5.41, 5.74) is 0. The van der Waals surface area contributed by atoms with Gasteiger partial charge in [0.25, 0.3) is 0 Å². The molecule has 0 spiro atoms. The Morgan fingerprint density at radius 3 is 1.38 bits per heavy atom. The van der Waals surface area contributed by atoms with Crippen LogP contribution in [0.3, 0.4) is 0 Å². The van der Waals surface area contributed by atoms with Gasteiger partial charge in [-0.25, -0.2) is 0 Å². The first-order valence-electron chi connectivity index (χ1n) is 16.8. The fourth-order valence-electron chi connectivity index (χ4n) is 5.18. The van der Waals surface area contributed by atoms with Crippen LogP contribution in [0.15, 0.2) is 42.5 Å². The second-order valence-electron chi connectivity index (χ2n) is 11.2. The van der Waals surface area contributed by atoms with Gasteiger partial charge in [0.15, 0.2) is 0 Å². The zero-order valence-corrected chi connectivity index (χ0v) is 25.9. The smallest absolute Gasteiger partial charge is 0.127 e. The first-order valence-corrected chi connectivity index (χ1v) is 16.8. The van der Waals surface area contributed by atoms with E-state index in [4.69, 9.17) is 18.9 Å². The number of hydrogen-bond acceptors (Lipinski definition) is 4. The van der Waals surface area contributed by atoms with E-state index in [0.717, 1.165) is 17.7 Å². The summed E-state index contributed by atoms with van der Waals surface area (Å²) in [7, 11) is 0. The molecule has 2 aromatic carbocycles. The fourth-order valence-corrected chi connectivity index (χ4v) is 5.18. The highest BCUT2D eigenvalue weighted by molar-refractivity contribution is 5.88. The quantitative estimate of drug-likeness (QED) is 0.0934. The summed E-state index contributed by atoms with van der Waals surface area (Å²) in [5.74, 6) is 0.907. The summed E-state index contributed by atoms with van der Waals surface area (Å²) in [6, 6.07) is 14.4. The van der Waals surface area contributed by atoms with Crippen LogP contribution in [-0.2, 0) is 14.2 Å². The normalized spacial score (nSPS) is 11.4. The fraction of sp³-hybridized carbons (Fsp3) is 0.722. The minimum atomic E-state index is 0.538. The highest BCUT2D eigenvalue weighted by Crippen LogP contribution is 2.25. The van der Waals surface area contributed by atoms with Crippen molar-refractivity contribution in [3.63, 3.8) is 0 Å². The Balaban J connectivity index is 1.21. The highest BCUT2D eigenvalue weighted by Gasteiger charge is 2.01. The van der Waals surface area contributed by atoms with E-state index in [0.29, 0.717) is 39.6 Å². The minimum absolute atomic E-state index is 0.538. The van der Waals surface area contributed by atoms with Gasteiger partial charge in [0.05, 0.1) is 33.0 Å². The van der Waals surface area contributed by atoms with Crippen molar-refractivity contribution in [2.75, 3.05) is 46.2 Å². The standard InChI is InChI=1S/C36H60O4/c1-2-3-4-5-6-7-8-9-10-11-12-13-14-15-16-17-18-21-27-37-28-29-38-30-31-39-32-33-40-36-26-22-24-34-23-19-20-25-35(34)36/h19-20,22-26H,2-18,21,27-33H2,1H3. The molecule has 0 amide bonds. The lowest BCUT2D eigenvalue weighted by atomic mass is 10.0. The van der Waals surface area contributed by atoms with E-state index in [2.05, 4.69) is 25.1 Å². The molecule has 0 saturated carbocycles. The molecule has 0 unspecified atom stereocenters. The first-order chi connectivity index (χ1) is 19.9. The van der Waals surface area contributed by atoms with Crippen molar-refractivity contribution in [1.29, 1.82) is 0 Å². The van der Waals surface area contributed by atoms with Crippen LogP contribution < -0.4 is 4.74 Å². The summed E-state index contributed by atoms with van der Waals surface area (Å²) in [5, 5.41) is 2.33. The lowest BCUT2D eigenvalue weighted by Crippen LogP contribution is -2.13. The third-order valence-corrected chi connectivity index (χ3v) is 7.62. The van der Waals surface area contributed by atoms with E-state index in [-0.39, 0.29) is 0 Å². The van der Waals surface area contributed by atoms with Crippen molar-refractivity contribution in [3.8, 4) is 5.75 Å². The zero-order chi connectivity index (χ0) is 28.2. The highest BCUT2D eigenvalue weighted by atomic mass is 16.6. The summed E-state index contributed by atoms with van der Waals surface area (Å²) >= 11 is 0. The molecule has 0 fully saturated rings. The Hall–Kier alpha value is -1.62. The molecule has 0 aliphatic rings. The molecule has 4 nitrogen and oxygen atoms in total. The van der Waals surface area contributed by atoms with Gasteiger partial charge in [0.2, 0.25) is 0 Å². The van der Waals surface area contributed by atoms with E-state index >= 15 is 0 Å². The number of fused-ring (bicyclic) bond motifs is 1. The predicted octanol–water partition coefficient (Wildman–Crippen LogP) is 10.3. The molecule has 2 rings (SSSR count). The van der Waals surface area contributed by atoms with Crippen LogP contribution in [0.4, 0.5) is 0 Å². The van der Waals surface area contributed by atoms with Crippen molar-refractivity contribution in [3.05, 3.63) is 42.5 Å². The van der Waals surface area contributed by atoms with Gasteiger partial charge in [-0.3, -0.25) is 0 Å². The van der Waals surface area contributed by atoms with Crippen LogP contribution in [0, 0.1) is 0 Å². The summed E-state index contributed by atoms with van der Waals surface area (Å²) in [6.07, 6.45) is 25.3. The Bertz CT molecular complexity index is 803. The lowest BCUT2D eigenvalue weighted by molar-refractivity contribution is 0.00886. The van der Waals surface area contributed by atoms with Gasteiger partial charge < -0.3 is 18.9 Å². The molecular weight excluding hydrogens is 496 g/mol. The van der Waals surface area contributed by atoms with Gasteiger partial charge >= 0.3 is 0 Å². The lowest BCUT2D eigenvalue weighted by Gasteiger charge is -2.10. The summed E-state index contributed by atoms with van der Waals surface area (Å²) < 4.78 is 22.8. The Morgan fingerprint density at radius 2 is 0.825 bits per heavy atom. The largest absolute Gasteiger partial charge is 0.491 e. The molecule has 0 bridgehead atoms. The van der Waals surface area contributed by atoms with Crippen LogP contribution in [0.1, 0.15) is 122 Å². The third-order valence-electron chi connectivity index (χ3n) is 7.62. The molecule has 0 N–H and O–H groups in total. The van der Waals surface area contributed by atoms with E-state index in [1.807, 2.05) is 24.3 Å². The SMILES string of the molecule is CCCCCCCCCCCCCCCCCCCCOCCOCCOCCOc1cccc2ccccc12. The number of unbranched alkanes of at least 4 members (excludes halogenated alkanes) is 17. The average molecular weight is 557 g/mol. The Kier molecular flexibility index (Phi) is 22.7. The maximum absolute atomic E-state index is 5.89. The molecule has 40 heavy (non-hydrogen) atoms. The molecule has 0 radical (unpaired) electrons. The maximum atomic E-state index is 5.89. The molecule has 4 heteroatoms. The maximum Gasteiger partial charge on any atom is 0.127 e. The third kappa shape index (κ3) is 18.7. The first kappa shape index (κ1) is 34.6. The minimum Gasteiger partial charge on any atom is -0.491 e. The van der Waals surface area contributed by atoms with Gasteiger partial charge in [-0.15, -0.1) is 0 Å². The molecule has 0 atom stereocenters. The Labute approximate surface area is 246 Å². The zero-order valence-electron chi connectivity index (χ0n) is 25.9. The predicted molar refractivity (Wildman–Crippen MR) is 171 cm³/mol. The van der Waals surface area contributed by atoms with Crippen LogP contribution >= 0.6 is 0 Å². The molecule has 0 aliphatic carbocycles. The van der Waals surface area contributed by atoms with Crippen LogP contribution in [0.5, 0.6) is 5.75 Å². The topological polar surface area (TPSA) is 36.9 Å². The van der Waals surface area contributed by atoms with Crippen molar-refractivity contribution in [2.24, 2.45) is 0 Å². The van der Waals surface area contributed by atoms with Crippen LogP contribution in [0.25, 0.3) is 10.8 Å². The van der Waals surface area contributed by atoms with Crippen LogP contribution in [0.2, 0.25) is 0 Å². The van der Waals surface area contributed by atoms with Gasteiger partial charge in [-0.05, 0) is 17.9 Å². The molecule has 0 saturated heterocycles. The van der Waals surface area contributed by atoms with Gasteiger partial charge in [0, 0.05) is 12.0 Å².